The molecule has 2 unspecified atom stereocenters. The first-order valence-corrected chi connectivity index (χ1v) is 6.88. The number of hydrogen-bond acceptors (Lipinski definition) is 4. The molecule has 2 aliphatic rings. The van der Waals surface area contributed by atoms with Gasteiger partial charge in [-0.3, -0.25) is 0 Å². The number of aliphatic carboxylic acids is 1. The van der Waals surface area contributed by atoms with E-state index < -0.39 is 12.1 Å². The molecule has 0 aromatic heterocycles. The summed E-state index contributed by atoms with van der Waals surface area (Å²) in [4.78, 5) is 11.1. The molecule has 0 amide bonds. The standard InChI is InChI=1S/C13H23NO4/c1-2-3-11(12(15)16)18-10-8-13(17-9-10)4-6-14-7-5-13/h10-11,14H,2-9H2,1H3,(H,15,16). The average molecular weight is 257 g/mol. The molecule has 5 nitrogen and oxygen atoms in total. The lowest BCUT2D eigenvalue weighted by molar-refractivity contribution is -0.154. The Hall–Kier alpha value is -0.650. The fourth-order valence-electron chi connectivity index (χ4n) is 2.86. The zero-order chi connectivity index (χ0) is 13.0. The van der Waals surface area contributed by atoms with E-state index in [0.717, 1.165) is 38.8 Å². The van der Waals surface area contributed by atoms with Crippen LogP contribution >= 0.6 is 0 Å². The third-order valence-electron chi connectivity index (χ3n) is 3.87. The first kappa shape index (κ1) is 13.8. The van der Waals surface area contributed by atoms with Crippen molar-refractivity contribution in [3.05, 3.63) is 0 Å². The van der Waals surface area contributed by atoms with E-state index in [-0.39, 0.29) is 11.7 Å². The second-order valence-electron chi connectivity index (χ2n) is 5.32. The summed E-state index contributed by atoms with van der Waals surface area (Å²) >= 11 is 0. The Morgan fingerprint density at radius 1 is 1.56 bits per heavy atom. The summed E-state index contributed by atoms with van der Waals surface area (Å²) in [6, 6.07) is 0. The van der Waals surface area contributed by atoms with Crippen molar-refractivity contribution < 1.29 is 19.4 Å². The van der Waals surface area contributed by atoms with Gasteiger partial charge in [0.25, 0.3) is 0 Å². The molecule has 2 aliphatic heterocycles. The van der Waals surface area contributed by atoms with Gasteiger partial charge in [-0.1, -0.05) is 13.3 Å². The number of rotatable bonds is 5. The molecule has 2 saturated heterocycles. The fourth-order valence-corrected chi connectivity index (χ4v) is 2.86. The molecule has 0 aromatic carbocycles. The average Bonchev–Trinajstić information content (AvgIpc) is 2.72. The van der Waals surface area contributed by atoms with Crippen LogP contribution in [0.5, 0.6) is 0 Å². The number of carboxylic acid groups (broad SMARTS) is 1. The number of hydrogen-bond donors (Lipinski definition) is 2. The normalized spacial score (nSPS) is 28.4. The first-order valence-electron chi connectivity index (χ1n) is 6.88. The van der Waals surface area contributed by atoms with Crippen LogP contribution in [0.25, 0.3) is 0 Å². The summed E-state index contributed by atoms with van der Waals surface area (Å²) in [5, 5.41) is 12.4. The highest BCUT2D eigenvalue weighted by Gasteiger charge is 2.42. The highest BCUT2D eigenvalue weighted by atomic mass is 16.6. The van der Waals surface area contributed by atoms with E-state index in [2.05, 4.69) is 5.32 Å². The smallest absolute Gasteiger partial charge is 0.332 e. The Morgan fingerprint density at radius 2 is 2.28 bits per heavy atom. The van der Waals surface area contributed by atoms with Crippen LogP contribution in [0.2, 0.25) is 0 Å². The zero-order valence-corrected chi connectivity index (χ0v) is 11.0. The van der Waals surface area contributed by atoms with Crippen molar-refractivity contribution in [1.82, 2.24) is 5.32 Å². The van der Waals surface area contributed by atoms with Gasteiger partial charge >= 0.3 is 5.97 Å². The molecule has 2 fully saturated rings. The summed E-state index contributed by atoms with van der Waals surface area (Å²) < 4.78 is 11.6. The van der Waals surface area contributed by atoms with Gasteiger partial charge in [0, 0.05) is 6.42 Å². The second-order valence-corrected chi connectivity index (χ2v) is 5.32. The van der Waals surface area contributed by atoms with Crippen molar-refractivity contribution in [2.75, 3.05) is 19.7 Å². The third-order valence-corrected chi connectivity index (χ3v) is 3.87. The second kappa shape index (κ2) is 5.99. The maximum atomic E-state index is 11.1. The van der Waals surface area contributed by atoms with Crippen molar-refractivity contribution in [1.29, 1.82) is 0 Å². The van der Waals surface area contributed by atoms with Crippen molar-refractivity contribution in [3.63, 3.8) is 0 Å². The van der Waals surface area contributed by atoms with Crippen LogP contribution in [0.15, 0.2) is 0 Å². The van der Waals surface area contributed by atoms with Gasteiger partial charge in [0.1, 0.15) is 0 Å². The molecule has 2 atom stereocenters. The SMILES string of the molecule is CCCC(OC1COC2(CCNCC2)C1)C(=O)O. The summed E-state index contributed by atoms with van der Waals surface area (Å²) in [7, 11) is 0. The molecule has 0 bridgehead atoms. The molecule has 2 heterocycles. The number of carboxylic acids is 1. The lowest BCUT2D eigenvalue weighted by atomic mass is 9.89. The van der Waals surface area contributed by atoms with Gasteiger partial charge in [-0.25, -0.2) is 4.79 Å². The van der Waals surface area contributed by atoms with E-state index in [1.54, 1.807) is 0 Å². The molecule has 2 N–H and O–H groups in total. The minimum absolute atomic E-state index is 0.0595. The Labute approximate surface area is 108 Å². The Morgan fingerprint density at radius 3 is 2.89 bits per heavy atom. The van der Waals surface area contributed by atoms with Crippen LogP contribution in [0.4, 0.5) is 0 Å². The molecule has 0 aliphatic carbocycles. The molecule has 5 heteroatoms. The topological polar surface area (TPSA) is 67.8 Å². The van der Waals surface area contributed by atoms with Crippen LogP contribution in [-0.4, -0.2) is 48.6 Å². The summed E-state index contributed by atoms with van der Waals surface area (Å²) in [6.07, 6.45) is 3.48. The monoisotopic (exact) mass is 257 g/mol. The lowest BCUT2D eigenvalue weighted by Gasteiger charge is -2.32. The van der Waals surface area contributed by atoms with Crippen LogP contribution in [0, 0.1) is 0 Å². The third kappa shape index (κ3) is 3.22. The largest absolute Gasteiger partial charge is 0.479 e. The minimum atomic E-state index is -0.858. The zero-order valence-electron chi connectivity index (χ0n) is 11.0. The molecular weight excluding hydrogens is 234 g/mol. The van der Waals surface area contributed by atoms with E-state index in [4.69, 9.17) is 14.6 Å². The number of piperidine rings is 1. The van der Waals surface area contributed by atoms with Gasteiger partial charge in [-0.2, -0.15) is 0 Å². The van der Waals surface area contributed by atoms with E-state index in [0.29, 0.717) is 13.0 Å². The van der Waals surface area contributed by atoms with Crippen LogP contribution in [-0.2, 0) is 14.3 Å². The minimum Gasteiger partial charge on any atom is -0.479 e. The van der Waals surface area contributed by atoms with Crippen LogP contribution in [0.3, 0.4) is 0 Å². The summed E-state index contributed by atoms with van der Waals surface area (Å²) in [5.74, 6) is -0.858. The predicted molar refractivity (Wildman–Crippen MR) is 66.6 cm³/mol. The van der Waals surface area contributed by atoms with Crippen molar-refractivity contribution in [2.24, 2.45) is 0 Å². The maximum Gasteiger partial charge on any atom is 0.332 e. The molecule has 1 spiro atoms. The van der Waals surface area contributed by atoms with Crippen molar-refractivity contribution in [2.45, 2.75) is 56.8 Å². The quantitative estimate of drug-likeness (QED) is 0.774. The van der Waals surface area contributed by atoms with E-state index in [9.17, 15) is 4.79 Å². The van der Waals surface area contributed by atoms with Crippen molar-refractivity contribution in [3.8, 4) is 0 Å². The first-order chi connectivity index (χ1) is 8.65. The maximum absolute atomic E-state index is 11.1. The fraction of sp³-hybridized carbons (Fsp3) is 0.923. The van der Waals surface area contributed by atoms with Gasteiger partial charge in [0.2, 0.25) is 0 Å². The van der Waals surface area contributed by atoms with Gasteiger partial charge in [-0.05, 0) is 32.4 Å². The molecule has 2 rings (SSSR count). The molecule has 0 aromatic rings. The van der Waals surface area contributed by atoms with E-state index in [1.165, 1.54) is 0 Å². The van der Waals surface area contributed by atoms with E-state index >= 15 is 0 Å². The van der Waals surface area contributed by atoms with Crippen LogP contribution < -0.4 is 5.32 Å². The van der Waals surface area contributed by atoms with Gasteiger partial charge in [0.05, 0.1) is 18.3 Å². The Kier molecular flexibility index (Phi) is 4.59. The molecular formula is C13H23NO4. The molecule has 0 saturated carbocycles. The van der Waals surface area contributed by atoms with Crippen LogP contribution in [0.1, 0.15) is 39.0 Å². The van der Waals surface area contributed by atoms with E-state index in [1.807, 2.05) is 6.92 Å². The van der Waals surface area contributed by atoms with Gasteiger partial charge in [-0.15, -0.1) is 0 Å². The summed E-state index contributed by atoms with van der Waals surface area (Å²) in [6.45, 7) is 4.46. The van der Waals surface area contributed by atoms with Gasteiger partial charge in [0.15, 0.2) is 6.10 Å². The van der Waals surface area contributed by atoms with Gasteiger partial charge < -0.3 is 19.9 Å². The lowest BCUT2D eigenvalue weighted by Crippen LogP contribution is -2.41. The Bertz CT molecular complexity index is 289. The number of nitrogens with one attached hydrogen (secondary N) is 1. The Balaban J connectivity index is 1.86. The predicted octanol–water partition coefficient (Wildman–Crippen LogP) is 1.17. The number of ether oxygens (including phenoxy) is 2. The summed E-state index contributed by atoms with van der Waals surface area (Å²) in [5.41, 5.74) is -0.0643. The molecule has 104 valence electrons. The number of carbonyl (C=O) groups is 1. The molecule has 18 heavy (non-hydrogen) atoms. The highest BCUT2D eigenvalue weighted by Crippen LogP contribution is 2.35. The molecule has 0 radical (unpaired) electrons. The highest BCUT2D eigenvalue weighted by molar-refractivity contribution is 5.72. The van der Waals surface area contributed by atoms with Crippen molar-refractivity contribution >= 4 is 5.97 Å².